The summed E-state index contributed by atoms with van der Waals surface area (Å²) in [5.74, 6) is -0.478. The molecule has 0 saturated carbocycles. The van der Waals surface area contributed by atoms with Gasteiger partial charge >= 0.3 is 0 Å². The third kappa shape index (κ3) is 3.09. The molecule has 0 bridgehead atoms. The molecule has 1 heterocycles. The summed E-state index contributed by atoms with van der Waals surface area (Å²) in [6.45, 7) is 1.86. The Bertz CT molecular complexity index is 637. The molecule has 0 unspecified atom stereocenters. The summed E-state index contributed by atoms with van der Waals surface area (Å²) in [5, 5.41) is 8.95. The van der Waals surface area contributed by atoms with Crippen LogP contribution in [0.2, 0.25) is 0 Å². The Morgan fingerprint density at radius 3 is 2.50 bits per heavy atom. The zero-order chi connectivity index (χ0) is 13.2. The highest BCUT2D eigenvalue weighted by atomic mass is 32.2. The summed E-state index contributed by atoms with van der Waals surface area (Å²) in [6.07, 6.45) is 0. The normalized spacial score (nSPS) is 11.7. The van der Waals surface area contributed by atoms with Crippen LogP contribution in [0.25, 0.3) is 0 Å². The standard InChI is InChI=1S/C10H10FN3O2S2/c1-7-13-14-10(17-7)6-12-18(15,16)9-4-2-8(11)3-5-9/h2-5,12H,6H2,1H3. The maximum Gasteiger partial charge on any atom is 0.240 e. The fourth-order valence-electron chi connectivity index (χ4n) is 1.26. The van der Waals surface area contributed by atoms with Crippen molar-refractivity contribution in [3.05, 3.63) is 40.1 Å². The van der Waals surface area contributed by atoms with Crippen molar-refractivity contribution in [2.24, 2.45) is 0 Å². The van der Waals surface area contributed by atoms with Crippen LogP contribution in [0.5, 0.6) is 0 Å². The summed E-state index contributed by atoms with van der Waals surface area (Å²) in [6, 6.07) is 4.62. The minimum Gasteiger partial charge on any atom is -0.207 e. The quantitative estimate of drug-likeness (QED) is 0.924. The Morgan fingerprint density at radius 1 is 1.28 bits per heavy atom. The monoisotopic (exact) mass is 287 g/mol. The zero-order valence-electron chi connectivity index (χ0n) is 9.42. The van der Waals surface area contributed by atoms with Crippen LogP contribution in [0.1, 0.15) is 10.0 Å². The molecule has 18 heavy (non-hydrogen) atoms. The molecule has 96 valence electrons. The van der Waals surface area contributed by atoms with Crippen molar-refractivity contribution in [3.8, 4) is 0 Å². The number of halogens is 1. The van der Waals surface area contributed by atoms with Gasteiger partial charge in [0, 0.05) is 0 Å². The molecule has 8 heteroatoms. The highest BCUT2D eigenvalue weighted by molar-refractivity contribution is 7.89. The molecule has 0 aliphatic rings. The second-order valence-corrected chi connectivity index (χ2v) is 6.53. The van der Waals surface area contributed by atoms with Crippen molar-refractivity contribution >= 4 is 21.4 Å². The van der Waals surface area contributed by atoms with Crippen molar-refractivity contribution in [1.29, 1.82) is 0 Å². The molecule has 1 N–H and O–H groups in total. The molecule has 0 fully saturated rings. The van der Waals surface area contributed by atoms with Crippen LogP contribution in [-0.4, -0.2) is 18.6 Å². The molecule has 2 aromatic rings. The SMILES string of the molecule is Cc1nnc(CNS(=O)(=O)c2ccc(F)cc2)s1. The molecular formula is C10H10FN3O2S2. The summed E-state index contributed by atoms with van der Waals surface area (Å²) in [5.41, 5.74) is 0. The van der Waals surface area contributed by atoms with Crippen LogP contribution in [-0.2, 0) is 16.6 Å². The number of rotatable bonds is 4. The average molecular weight is 287 g/mol. The summed E-state index contributed by atoms with van der Waals surface area (Å²) in [4.78, 5) is 0.0186. The predicted molar refractivity (Wildman–Crippen MR) is 65.1 cm³/mol. The highest BCUT2D eigenvalue weighted by Gasteiger charge is 2.14. The van der Waals surface area contributed by atoms with Crippen LogP contribution < -0.4 is 4.72 Å². The molecule has 0 spiro atoms. The molecule has 1 aromatic carbocycles. The topological polar surface area (TPSA) is 72.0 Å². The average Bonchev–Trinajstić information content (AvgIpc) is 2.73. The van der Waals surface area contributed by atoms with Gasteiger partial charge in [0.2, 0.25) is 10.0 Å². The van der Waals surface area contributed by atoms with E-state index in [0.717, 1.165) is 17.1 Å². The van der Waals surface area contributed by atoms with Crippen molar-refractivity contribution in [1.82, 2.24) is 14.9 Å². The summed E-state index contributed by atoms with van der Waals surface area (Å²) in [7, 11) is -3.64. The largest absolute Gasteiger partial charge is 0.240 e. The molecule has 1 aromatic heterocycles. The van der Waals surface area contributed by atoms with E-state index in [4.69, 9.17) is 0 Å². The van der Waals surface area contributed by atoms with Crippen molar-refractivity contribution in [2.75, 3.05) is 0 Å². The van der Waals surface area contributed by atoms with Gasteiger partial charge in [-0.15, -0.1) is 21.5 Å². The summed E-state index contributed by atoms with van der Waals surface area (Å²) >= 11 is 1.32. The lowest BCUT2D eigenvalue weighted by Gasteiger charge is -2.04. The van der Waals surface area contributed by atoms with E-state index in [0.29, 0.717) is 5.01 Å². The minimum absolute atomic E-state index is 0.0186. The maximum absolute atomic E-state index is 12.7. The van der Waals surface area contributed by atoms with Gasteiger partial charge in [-0.05, 0) is 31.2 Å². The van der Waals surface area contributed by atoms with E-state index >= 15 is 0 Å². The molecule has 5 nitrogen and oxygen atoms in total. The van der Waals surface area contributed by atoms with Gasteiger partial charge in [-0.25, -0.2) is 17.5 Å². The Morgan fingerprint density at radius 2 is 1.94 bits per heavy atom. The molecule has 0 saturated heterocycles. The lowest BCUT2D eigenvalue weighted by Crippen LogP contribution is -2.23. The van der Waals surface area contributed by atoms with Gasteiger partial charge in [0.05, 0.1) is 11.4 Å². The summed E-state index contributed by atoms with van der Waals surface area (Å²) < 4.78 is 38.8. The van der Waals surface area contributed by atoms with Crippen LogP contribution in [0, 0.1) is 12.7 Å². The first-order chi connectivity index (χ1) is 8.47. The number of hydrogen-bond donors (Lipinski definition) is 1. The number of sulfonamides is 1. The van der Waals surface area contributed by atoms with Crippen molar-refractivity contribution < 1.29 is 12.8 Å². The van der Waals surface area contributed by atoms with Crippen LogP contribution >= 0.6 is 11.3 Å². The number of aromatic nitrogens is 2. The Labute approximate surface area is 108 Å². The molecule has 0 atom stereocenters. The fourth-order valence-corrected chi connectivity index (χ4v) is 2.99. The third-order valence-corrected chi connectivity index (χ3v) is 4.36. The number of benzene rings is 1. The van der Waals surface area contributed by atoms with E-state index in [9.17, 15) is 12.8 Å². The fraction of sp³-hybridized carbons (Fsp3) is 0.200. The molecular weight excluding hydrogens is 277 g/mol. The van der Waals surface area contributed by atoms with E-state index in [1.165, 1.54) is 23.5 Å². The smallest absolute Gasteiger partial charge is 0.207 e. The van der Waals surface area contributed by atoms with E-state index in [-0.39, 0.29) is 11.4 Å². The van der Waals surface area contributed by atoms with Gasteiger partial charge in [0.15, 0.2) is 0 Å². The van der Waals surface area contributed by atoms with Crippen molar-refractivity contribution in [3.63, 3.8) is 0 Å². The van der Waals surface area contributed by atoms with Crippen molar-refractivity contribution in [2.45, 2.75) is 18.4 Å². The van der Waals surface area contributed by atoms with Gasteiger partial charge in [-0.3, -0.25) is 0 Å². The number of hydrogen-bond acceptors (Lipinski definition) is 5. The molecule has 0 aliphatic heterocycles. The van der Waals surface area contributed by atoms with Gasteiger partial charge in [0.1, 0.15) is 15.8 Å². The molecule has 0 radical (unpaired) electrons. The second-order valence-electron chi connectivity index (χ2n) is 3.49. The molecule has 2 rings (SSSR count). The van der Waals surface area contributed by atoms with Crippen LogP contribution in [0.4, 0.5) is 4.39 Å². The van der Waals surface area contributed by atoms with E-state index in [2.05, 4.69) is 14.9 Å². The third-order valence-electron chi connectivity index (χ3n) is 2.11. The maximum atomic E-state index is 12.7. The molecule has 0 amide bonds. The predicted octanol–water partition coefficient (Wildman–Crippen LogP) is 1.46. The lowest BCUT2D eigenvalue weighted by atomic mass is 10.4. The second kappa shape index (κ2) is 5.09. The van der Waals surface area contributed by atoms with Crippen LogP contribution in [0.15, 0.2) is 29.2 Å². The van der Waals surface area contributed by atoms with Crippen LogP contribution in [0.3, 0.4) is 0 Å². The minimum atomic E-state index is -3.64. The first-order valence-electron chi connectivity index (χ1n) is 5.01. The zero-order valence-corrected chi connectivity index (χ0v) is 11.1. The Balaban J connectivity index is 2.10. The number of aryl methyl sites for hydroxylation is 1. The number of nitrogens with zero attached hydrogens (tertiary/aromatic N) is 2. The molecule has 0 aliphatic carbocycles. The van der Waals surface area contributed by atoms with E-state index in [1.54, 1.807) is 6.92 Å². The van der Waals surface area contributed by atoms with Gasteiger partial charge in [-0.1, -0.05) is 0 Å². The number of nitrogens with one attached hydrogen (secondary N) is 1. The van der Waals surface area contributed by atoms with E-state index < -0.39 is 15.8 Å². The van der Waals surface area contributed by atoms with Gasteiger partial charge in [0.25, 0.3) is 0 Å². The van der Waals surface area contributed by atoms with Gasteiger partial charge in [-0.2, -0.15) is 0 Å². The first-order valence-corrected chi connectivity index (χ1v) is 7.31. The Kier molecular flexibility index (Phi) is 3.69. The highest BCUT2D eigenvalue weighted by Crippen LogP contribution is 2.12. The lowest BCUT2D eigenvalue weighted by molar-refractivity contribution is 0.580. The van der Waals surface area contributed by atoms with Gasteiger partial charge < -0.3 is 0 Å². The van der Waals surface area contributed by atoms with E-state index in [1.807, 2.05) is 0 Å². The first kappa shape index (κ1) is 13.1. The Hall–Kier alpha value is -1.38.